The molecule has 2 amide bonds. The van der Waals surface area contributed by atoms with Gasteiger partial charge in [0.05, 0.1) is 12.1 Å². The number of carbonyl (C=O) groups is 2. The fourth-order valence-corrected chi connectivity index (χ4v) is 2.69. The lowest BCUT2D eigenvalue weighted by Gasteiger charge is -2.21. The molecule has 0 fully saturated rings. The van der Waals surface area contributed by atoms with Crippen molar-refractivity contribution in [3.05, 3.63) is 34.8 Å². The van der Waals surface area contributed by atoms with Crippen LogP contribution in [0.15, 0.2) is 33.5 Å². The van der Waals surface area contributed by atoms with Gasteiger partial charge in [0.2, 0.25) is 11.8 Å². The van der Waals surface area contributed by atoms with Gasteiger partial charge in [-0.05, 0) is 39.3 Å². The minimum absolute atomic E-state index is 0.0440. The third-order valence-electron chi connectivity index (χ3n) is 3.86. The zero-order valence-corrected chi connectivity index (χ0v) is 14.9. The highest BCUT2D eigenvalue weighted by Gasteiger charge is 2.16. The van der Waals surface area contributed by atoms with Crippen LogP contribution in [-0.4, -0.2) is 40.4 Å². The topological polar surface area (TPSA) is 84.5 Å². The highest BCUT2D eigenvalue weighted by molar-refractivity contribution is 5.84. The molecule has 0 aliphatic heterocycles. The Morgan fingerprint density at radius 2 is 2.00 bits per heavy atom. The number of nitrogens with one attached hydrogen (secondary N) is 1. The number of likely N-dealkylation sites (N-methyl/N-ethyl adjacent to an activating group) is 1. The van der Waals surface area contributed by atoms with Crippen molar-refractivity contribution in [2.24, 2.45) is 0 Å². The Morgan fingerprint density at radius 1 is 1.28 bits per heavy atom. The summed E-state index contributed by atoms with van der Waals surface area (Å²) in [5, 5.41) is 2.78. The first-order valence-electron chi connectivity index (χ1n) is 8.58. The van der Waals surface area contributed by atoms with E-state index < -0.39 is 5.76 Å². The average Bonchev–Trinajstić information content (AvgIpc) is 2.87. The van der Waals surface area contributed by atoms with Crippen LogP contribution in [0.3, 0.4) is 0 Å². The molecule has 136 valence electrons. The highest BCUT2D eigenvalue weighted by Crippen LogP contribution is 2.12. The van der Waals surface area contributed by atoms with Gasteiger partial charge in [0.1, 0.15) is 0 Å². The second-order valence-corrected chi connectivity index (χ2v) is 6.22. The maximum absolute atomic E-state index is 12.3. The smallest absolute Gasteiger partial charge is 0.408 e. The summed E-state index contributed by atoms with van der Waals surface area (Å²) in [6.45, 7) is 6.53. The van der Waals surface area contributed by atoms with E-state index in [4.69, 9.17) is 4.42 Å². The number of aromatic nitrogens is 1. The summed E-state index contributed by atoms with van der Waals surface area (Å²) in [7, 11) is 0. The van der Waals surface area contributed by atoms with Crippen molar-refractivity contribution in [1.82, 2.24) is 14.8 Å². The Morgan fingerprint density at radius 3 is 2.68 bits per heavy atom. The van der Waals surface area contributed by atoms with Crippen LogP contribution < -0.4 is 11.1 Å². The number of fused-ring (bicyclic) bond motifs is 1. The molecule has 2 rings (SSSR count). The number of amides is 2. The van der Waals surface area contributed by atoms with Crippen LogP contribution in [0.4, 0.5) is 0 Å². The molecular weight excluding hydrogens is 322 g/mol. The van der Waals surface area contributed by atoms with Gasteiger partial charge < -0.3 is 14.6 Å². The van der Waals surface area contributed by atoms with Crippen LogP contribution >= 0.6 is 0 Å². The van der Waals surface area contributed by atoms with Crippen molar-refractivity contribution in [2.45, 2.75) is 46.2 Å². The molecule has 0 spiro atoms. The summed E-state index contributed by atoms with van der Waals surface area (Å²) >= 11 is 0. The summed E-state index contributed by atoms with van der Waals surface area (Å²) in [6.07, 6.45) is 0.777. The fraction of sp³-hybridized carbons (Fsp3) is 0.500. The van der Waals surface area contributed by atoms with E-state index in [1.54, 1.807) is 12.1 Å². The van der Waals surface area contributed by atoms with Crippen molar-refractivity contribution in [3.63, 3.8) is 0 Å². The molecule has 2 aromatic rings. The summed E-state index contributed by atoms with van der Waals surface area (Å²) in [5.74, 6) is -0.679. The first kappa shape index (κ1) is 18.8. The van der Waals surface area contributed by atoms with E-state index in [1.807, 2.05) is 32.9 Å². The molecule has 1 N–H and O–H groups in total. The first-order valence-corrected chi connectivity index (χ1v) is 8.58. The van der Waals surface area contributed by atoms with Gasteiger partial charge in [-0.3, -0.25) is 14.2 Å². The molecule has 0 saturated carbocycles. The molecule has 7 nitrogen and oxygen atoms in total. The van der Waals surface area contributed by atoms with E-state index >= 15 is 0 Å². The van der Waals surface area contributed by atoms with Crippen molar-refractivity contribution in [3.8, 4) is 0 Å². The van der Waals surface area contributed by atoms with Crippen LogP contribution in [0.25, 0.3) is 11.1 Å². The predicted molar refractivity (Wildman–Crippen MR) is 95.2 cm³/mol. The number of nitrogens with zero attached hydrogens (tertiary/aromatic N) is 2. The fourth-order valence-electron chi connectivity index (χ4n) is 2.69. The largest absolute Gasteiger partial charge is 0.419 e. The molecule has 0 radical (unpaired) electrons. The summed E-state index contributed by atoms with van der Waals surface area (Å²) in [4.78, 5) is 37.5. The van der Waals surface area contributed by atoms with E-state index in [1.165, 1.54) is 9.47 Å². The van der Waals surface area contributed by atoms with Crippen LogP contribution in [-0.2, 0) is 16.1 Å². The number of carbonyl (C=O) groups excluding carboxylic acids is 2. The van der Waals surface area contributed by atoms with Gasteiger partial charge in [-0.15, -0.1) is 0 Å². The van der Waals surface area contributed by atoms with Crippen LogP contribution in [0.5, 0.6) is 0 Å². The minimum Gasteiger partial charge on any atom is -0.408 e. The van der Waals surface area contributed by atoms with E-state index in [0.717, 1.165) is 5.52 Å². The van der Waals surface area contributed by atoms with Crippen LogP contribution in [0, 0.1) is 0 Å². The number of para-hydroxylation sites is 2. The Hall–Kier alpha value is -2.57. The molecule has 0 aliphatic rings. The number of hydrogen-bond acceptors (Lipinski definition) is 4. The molecular formula is C18H25N3O4. The van der Waals surface area contributed by atoms with Gasteiger partial charge in [-0.1, -0.05) is 12.1 Å². The number of hydrogen-bond donors (Lipinski definition) is 1. The molecule has 0 aliphatic carbocycles. The van der Waals surface area contributed by atoms with Gasteiger partial charge in [-0.25, -0.2) is 4.79 Å². The molecule has 1 heterocycles. The van der Waals surface area contributed by atoms with Crippen LogP contribution in [0.2, 0.25) is 0 Å². The average molecular weight is 347 g/mol. The lowest BCUT2D eigenvalue weighted by molar-refractivity contribution is -0.136. The maximum atomic E-state index is 12.3. The van der Waals surface area contributed by atoms with Crippen molar-refractivity contribution in [1.29, 1.82) is 0 Å². The molecule has 25 heavy (non-hydrogen) atoms. The monoisotopic (exact) mass is 347 g/mol. The van der Waals surface area contributed by atoms with E-state index in [9.17, 15) is 14.4 Å². The Labute approximate surface area is 146 Å². The van der Waals surface area contributed by atoms with Gasteiger partial charge >= 0.3 is 5.76 Å². The quantitative estimate of drug-likeness (QED) is 0.788. The maximum Gasteiger partial charge on any atom is 0.419 e. The standard InChI is InChI=1S/C18H25N3O4/c1-4-20(12-16(22)19-13(2)3)17(23)10-7-11-21-14-8-5-6-9-15(14)25-18(21)24/h5-6,8-9,13H,4,7,10-12H2,1-3H3,(H,19,22). The molecule has 1 aromatic heterocycles. The number of rotatable bonds is 8. The molecule has 0 unspecified atom stereocenters. The molecule has 0 bridgehead atoms. The van der Waals surface area contributed by atoms with Gasteiger partial charge in [0, 0.05) is 25.6 Å². The summed E-state index contributed by atoms with van der Waals surface area (Å²) in [5.41, 5.74) is 1.27. The van der Waals surface area contributed by atoms with Gasteiger partial charge in [0.15, 0.2) is 5.58 Å². The second-order valence-electron chi connectivity index (χ2n) is 6.22. The van der Waals surface area contributed by atoms with E-state index in [2.05, 4.69) is 5.32 Å². The lowest BCUT2D eigenvalue weighted by Crippen LogP contribution is -2.42. The first-order chi connectivity index (χ1) is 11.9. The third-order valence-corrected chi connectivity index (χ3v) is 3.86. The van der Waals surface area contributed by atoms with Crippen molar-refractivity contribution in [2.75, 3.05) is 13.1 Å². The second kappa shape index (κ2) is 8.50. The lowest BCUT2D eigenvalue weighted by atomic mass is 10.2. The van der Waals surface area contributed by atoms with Crippen molar-refractivity contribution >= 4 is 22.9 Å². The Balaban J connectivity index is 1.91. The number of oxazole rings is 1. The molecule has 0 saturated heterocycles. The number of benzene rings is 1. The predicted octanol–water partition coefficient (Wildman–Crippen LogP) is 1.75. The molecule has 1 aromatic carbocycles. The zero-order valence-electron chi connectivity index (χ0n) is 14.9. The third kappa shape index (κ3) is 4.95. The SMILES string of the molecule is CCN(CC(=O)NC(C)C)C(=O)CCCn1c(=O)oc2ccccc21. The van der Waals surface area contributed by atoms with Gasteiger partial charge in [-0.2, -0.15) is 0 Å². The van der Waals surface area contributed by atoms with Crippen LogP contribution in [0.1, 0.15) is 33.6 Å². The Bertz CT molecular complexity index is 791. The van der Waals surface area contributed by atoms with Crippen molar-refractivity contribution < 1.29 is 14.0 Å². The van der Waals surface area contributed by atoms with Gasteiger partial charge in [0.25, 0.3) is 0 Å². The normalized spacial score (nSPS) is 11.0. The van der Waals surface area contributed by atoms with E-state index in [-0.39, 0.29) is 30.8 Å². The highest BCUT2D eigenvalue weighted by atomic mass is 16.4. The summed E-state index contributed by atoms with van der Waals surface area (Å²) in [6, 6.07) is 7.25. The molecule has 7 heteroatoms. The minimum atomic E-state index is -0.419. The zero-order chi connectivity index (χ0) is 18.4. The Kier molecular flexibility index (Phi) is 6.38. The summed E-state index contributed by atoms with van der Waals surface area (Å²) < 4.78 is 6.71. The van der Waals surface area contributed by atoms with E-state index in [0.29, 0.717) is 25.1 Å². The molecule has 0 atom stereocenters. The number of aryl methyl sites for hydroxylation is 1.